The van der Waals surface area contributed by atoms with E-state index in [1.807, 2.05) is 29.2 Å². The molecular weight excluding hydrogens is 490 g/mol. The van der Waals surface area contributed by atoms with Gasteiger partial charge in [0.15, 0.2) is 10.1 Å². The number of benzene rings is 1. The van der Waals surface area contributed by atoms with Gasteiger partial charge in [0.05, 0.1) is 24.7 Å². The molecular formula is C27H31N5O2S2. The van der Waals surface area contributed by atoms with Crippen LogP contribution in [0.15, 0.2) is 51.3 Å². The van der Waals surface area contributed by atoms with Crippen LogP contribution < -0.4 is 15.4 Å². The van der Waals surface area contributed by atoms with E-state index >= 15 is 0 Å². The van der Waals surface area contributed by atoms with Gasteiger partial charge in [-0.3, -0.25) is 9.69 Å². The van der Waals surface area contributed by atoms with Crippen LogP contribution in [0, 0.1) is 16.7 Å². The topological polar surface area (TPSA) is 105 Å². The molecule has 1 atom stereocenters. The predicted molar refractivity (Wildman–Crippen MR) is 143 cm³/mol. The summed E-state index contributed by atoms with van der Waals surface area (Å²) in [7, 11) is 1.60. The fraction of sp³-hybridized carbons (Fsp3) is 0.481. The number of allylic oxidation sites excluding steroid dienone is 3. The van der Waals surface area contributed by atoms with Crippen LogP contribution in [0.5, 0.6) is 5.75 Å². The average Bonchev–Trinajstić information content (AvgIpc) is 3.30. The Morgan fingerprint density at radius 1 is 1.19 bits per heavy atom. The Bertz CT molecular complexity index is 1280. The van der Waals surface area contributed by atoms with Crippen molar-refractivity contribution in [3.63, 3.8) is 0 Å². The van der Waals surface area contributed by atoms with Gasteiger partial charge in [0.2, 0.25) is 5.13 Å². The number of aromatic nitrogens is 2. The molecule has 1 saturated carbocycles. The molecule has 0 amide bonds. The zero-order valence-corrected chi connectivity index (χ0v) is 22.5. The van der Waals surface area contributed by atoms with Gasteiger partial charge in [-0.2, -0.15) is 5.26 Å². The number of nitriles is 1. The number of nitrogens with two attached hydrogens (primary N) is 1. The van der Waals surface area contributed by atoms with Gasteiger partial charge >= 0.3 is 0 Å². The van der Waals surface area contributed by atoms with Crippen molar-refractivity contribution in [1.82, 2.24) is 10.2 Å². The van der Waals surface area contributed by atoms with E-state index in [4.69, 9.17) is 10.5 Å². The van der Waals surface area contributed by atoms with Crippen LogP contribution in [0.4, 0.5) is 5.13 Å². The molecule has 36 heavy (non-hydrogen) atoms. The van der Waals surface area contributed by atoms with Crippen LogP contribution in [0.1, 0.15) is 70.3 Å². The number of ether oxygens (including phenoxy) is 1. The molecule has 188 valence electrons. The quantitative estimate of drug-likeness (QED) is 0.517. The van der Waals surface area contributed by atoms with E-state index < -0.39 is 5.92 Å². The first-order chi connectivity index (χ1) is 17.3. The molecule has 1 aliphatic heterocycles. The Morgan fingerprint density at radius 2 is 1.94 bits per heavy atom. The van der Waals surface area contributed by atoms with E-state index in [0.29, 0.717) is 45.9 Å². The van der Waals surface area contributed by atoms with Gasteiger partial charge < -0.3 is 10.5 Å². The van der Waals surface area contributed by atoms with Gasteiger partial charge in [-0.25, -0.2) is 0 Å². The number of thioether (sulfide) groups is 1. The Balaban J connectivity index is 1.62. The summed E-state index contributed by atoms with van der Waals surface area (Å²) in [5.41, 5.74) is 9.04. The summed E-state index contributed by atoms with van der Waals surface area (Å²) in [5.74, 6) is 0.389. The molecule has 1 fully saturated rings. The van der Waals surface area contributed by atoms with Gasteiger partial charge in [0.25, 0.3) is 0 Å². The summed E-state index contributed by atoms with van der Waals surface area (Å²) in [4.78, 5) is 15.5. The number of hydrogen-bond acceptors (Lipinski definition) is 9. The summed E-state index contributed by atoms with van der Waals surface area (Å²) in [5, 5.41) is 20.4. The molecule has 0 radical (unpaired) electrons. The van der Waals surface area contributed by atoms with Gasteiger partial charge in [0.1, 0.15) is 11.6 Å². The lowest BCUT2D eigenvalue weighted by Crippen LogP contribution is -2.42. The maximum Gasteiger partial charge on any atom is 0.219 e. The first-order valence-electron chi connectivity index (χ1n) is 12.4. The number of rotatable bonds is 5. The number of nitrogens with zero attached hydrogens (tertiary/aromatic N) is 4. The lowest BCUT2D eigenvalue weighted by Gasteiger charge is -2.42. The molecule has 2 N–H and O–H groups in total. The van der Waals surface area contributed by atoms with Crippen molar-refractivity contribution in [3.05, 3.63) is 52.5 Å². The van der Waals surface area contributed by atoms with E-state index in [1.165, 1.54) is 43.4 Å². The van der Waals surface area contributed by atoms with E-state index in [0.717, 1.165) is 15.6 Å². The molecule has 2 aliphatic carbocycles. The number of anilines is 1. The molecule has 1 aromatic carbocycles. The Kier molecular flexibility index (Phi) is 6.84. The van der Waals surface area contributed by atoms with Gasteiger partial charge in [-0.1, -0.05) is 74.4 Å². The number of ketones is 1. The predicted octanol–water partition coefficient (Wildman–Crippen LogP) is 5.91. The monoisotopic (exact) mass is 521 g/mol. The van der Waals surface area contributed by atoms with Crippen molar-refractivity contribution in [3.8, 4) is 11.8 Å². The first-order valence-corrected chi connectivity index (χ1v) is 14.1. The molecule has 9 heteroatoms. The van der Waals surface area contributed by atoms with Crippen molar-refractivity contribution in [2.45, 2.75) is 74.3 Å². The van der Waals surface area contributed by atoms with Gasteiger partial charge in [-0.15, -0.1) is 10.2 Å². The Hall–Kier alpha value is -2.83. The molecule has 1 unspecified atom stereocenters. The highest BCUT2D eigenvalue weighted by Gasteiger charge is 2.46. The Labute approximate surface area is 220 Å². The first kappa shape index (κ1) is 24.8. The maximum absolute atomic E-state index is 13.7. The number of carbonyl (C=O) groups is 1. The second-order valence-corrected chi connectivity index (χ2v) is 13.0. The van der Waals surface area contributed by atoms with Crippen molar-refractivity contribution < 1.29 is 9.53 Å². The van der Waals surface area contributed by atoms with Crippen LogP contribution in [0.25, 0.3) is 0 Å². The third kappa shape index (κ3) is 4.53. The minimum Gasteiger partial charge on any atom is -0.496 e. The minimum atomic E-state index is -0.579. The minimum absolute atomic E-state index is 0.0312. The number of Topliss-reactive ketones (excluding diaryl/α,β-unsaturated/α-hetero) is 1. The number of para-hydroxylation sites is 1. The molecule has 0 saturated heterocycles. The van der Waals surface area contributed by atoms with E-state index in [1.54, 1.807) is 18.9 Å². The number of hydrogen-bond donors (Lipinski definition) is 1. The molecule has 2 heterocycles. The van der Waals surface area contributed by atoms with Crippen molar-refractivity contribution in [2.75, 3.05) is 12.0 Å². The SMILES string of the molecule is COc1ccccc1C1C(C#N)=C(N)N(c2nnc(SC3CCCCC3)s2)C2=C1C(=O)CC(C)(C)C2. The summed E-state index contributed by atoms with van der Waals surface area (Å²) >= 11 is 3.27. The van der Waals surface area contributed by atoms with Gasteiger partial charge in [0, 0.05) is 28.5 Å². The Morgan fingerprint density at radius 3 is 2.67 bits per heavy atom. The zero-order chi connectivity index (χ0) is 25.4. The molecule has 0 spiro atoms. The summed E-state index contributed by atoms with van der Waals surface area (Å²) in [6, 6.07) is 9.86. The largest absolute Gasteiger partial charge is 0.496 e. The smallest absolute Gasteiger partial charge is 0.219 e. The average molecular weight is 522 g/mol. The highest BCUT2D eigenvalue weighted by atomic mass is 32.2. The van der Waals surface area contributed by atoms with Crippen molar-refractivity contribution in [1.29, 1.82) is 5.26 Å². The third-order valence-electron chi connectivity index (χ3n) is 7.24. The van der Waals surface area contributed by atoms with E-state index in [-0.39, 0.29) is 11.2 Å². The maximum atomic E-state index is 13.7. The second-order valence-electron chi connectivity index (χ2n) is 10.5. The van der Waals surface area contributed by atoms with Crippen LogP contribution in [0.2, 0.25) is 0 Å². The normalized spacial score (nSPS) is 22.4. The molecule has 7 nitrogen and oxygen atoms in total. The molecule has 3 aliphatic rings. The fourth-order valence-corrected chi connectivity index (χ4v) is 8.00. The highest BCUT2D eigenvalue weighted by molar-refractivity contribution is 8.01. The summed E-state index contributed by atoms with van der Waals surface area (Å²) in [6.07, 6.45) is 7.26. The van der Waals surface area contributed by atoms with Crippen molar-refractivity contribution in [2.24, 2.45) is 11.1 Å². The zero-order valence-electron chi connectivity index (χ0n) is 20.9. The van der Waals surface area contributed by atoms with Crippen molar-refractivity contribution >= 4 is 34.0 Å². The van der Waals surface area contributed by atoms with Crippen LogP contribution >= 0.6 is 23.1 Å². The molecule has 2 aromatic rings. The van der Waals surface area contributed by atoms with Crippen LogP contribution in [-0.2, 0) is 4.79 Å². The number of methoxy groups -OCH3 is 1. The van der Waals surface area contributed by atoms with Gasteiger partial charge in [-0.05, 0) is 30.7 Å². The van der Waals surface area contributed by atoms with Crippen LogP contribution in [-0.4, -0.2) is 28.3 Å². The molecule has 5 rings (SSSR count). The van der Waals surface area contributed by atoms with E-state index in [2.05, 4.69) is 30.1 Å². The molecule has 0 bridgehead atoms. The fourth-order valence-electron chi connectivity index (χ4n) is 5.61. The highest BCUT2D eigenvalue weighted by Crippen LogP contribution is 2.52. The summed E-state index contributed by atoms with van der Waals surface area (Å²) < 4.78 is 6.53. The van der Waals surface area contributed by atoms with Crippen LogP contribution in [0.3, 0.4) is 0 Å². The number of carbonyl (C=O) groups excluding carboxylic acids is 1. The summed E-state index contributed by atoms with van der Waals surface area (Å²) in [6.45, 7) is 4.18. The third-order valence-corrected chi connectivity index (χ3v) is 9.57. The molecule has 1 aromatic heterocycles. The lowest BCUT2D eigenvalue weighted by molar-refractivity contribution is -0.118. The lowest BCUT2D eigenvalue weighted by atomic mass is 9.68. The van der Waals surface area contributed by atoms with E-state index in [9.17, 15) is 10.1 Å². The second kappa shape index (κ2) is 9.91. The standard InChI is InChI=1S/C27H31N5O2S2/c1-27(2)13-19-23(20(33)14-27)22(17-11-7-8-12-21(17)34-3)18(15-28)24(29)32(19)25-30-31-26(36-25)35-16-9-5-4-6-10-16/h7-8,11-12,16,22H,4-6,9-10,13-14,29H2,1-3H3.